The third kappa shape index (κ3) is 4.48. The van der Waals surface area contributed by atoms with E-state index in [2.05, 4.69) is 20.8 Å². The predicted octanol–water partition coefficient (Wildman–Crippen LogP) is 5.56. The molecule has 188 valence electrons. The molecular weight excluding hydrogens is 473 g/mol. The lowest BCUT2D eigenvalue weighted by molar-refractivity contribution is -0.174. The van der Waals surface area contributed by atoms with Gasteiger partial charge in [-0.05, 0) is 38.5 Å². The number of anilines is 2. The first-order valence-electron chi connectivity index (χ1n) is 11.5. The van der Waals surface area contributed by atoms with Gasteiger partial charge in [0.15, 0.2) is 11.7 Å². The summed E-state index contributed by atoms with van der Waals surface area (Å²) in [7, 11) is 0. The first-order chi connectivity index (χ1) is 17.1. The fourth-order valence-corrected chi connectivity index (χ4v) is 4.44. The van der Waals surface area contributed by atoms with Crippen LogP contribution in [-0.2, 0) is 6.54 Å². The largest absolute Gasteiger partial charge is 0.467 e. The van der Waals surface area contributed by atoms with E-state index in [1.54, 1.807) is 23.7 Å². The number of nitrogens with one attached hydrogen (secondary N) is 2. The highest BCUT2D eigenvalue weighted by Gasteiger charge is 2.47. The molecule has 11 heteroatoms. The van der Waals surface area contributed by atoms with Crippen LogP contribution in [-0.4, -0.2) is 31.6 Å². The molecule has 1 aliphatic heterocycles. The van der Waals surface area contributed by atoms with Crippen LogP contribution in [0, 0.1) is 20.8 Å². The topological polar surface area (TPSA) is 89.9 Å². The molecule has 0 aliphatic carbocycles. The van der Waals surface area contributed by atoms with Crippen molar-refractivity contribution >= 4 is 17.4 Å². The van der Waals surface area contributed by atoms with Crippen LogP contribution in [0.15, 0.2) is 53.1 Å². The normalized spacial score (nSPS) is 17.5. The highest BCUT2D eigenvalue weighted by molar-refractivity contribution is 6.04. The van der Waals surface area contributed by atoms with Gasteiger partial charge in [0.25, 0.3) is 5.91 Å². The van der Waals surface area contributed by atoms with E-state index in [1.807, 2.05) is 38.1 Å². The summed E-state index contributed by atoms with van der Waals surface area (Å²) in [5, 5.41) is 14.3. The number of halogens is 3. The number of carbonyl (C=O) groups is 1. The lowest BCUT2D eigenvalue weighted by Crippen LogP contribution is -2.35. The Bertz CT molecular complexity index is 1390. The van der Waals surface area contributed by atoms with Crippen molar-refractivity contribution < 1.29 is 22.4 Å². The van der Waals surface area contributed by atoms with E-state index in [1.165, 1.54) is 12.3 Å². The van der Waals surface area contributed by atoms with Gasteiger partial charge in [-0.15, -0.1) is 0 Å². The molecule has 0 bridgehead atoms. The van der Waals surface area contributed by atoms with Gasteiger partial charge in [0.1, 0.15) is 11.6 Å². The Hall–Kier alpha value is -4.02. The van der Waals surface area contributed by atoms with Crippen LogP contribution in [0.2, 0.25) is 0 Å². The monoisotopic (exact) mass is 498 g/mol. The molecule has 5 rings (SSSR count). The van der Waals surface area contributed by atoms with Crippen LogP contribution in [0.25, 0.3) is 0 Å². The highest BCUT2D eigenvalue weighted by atomic mass is 19.4. The molecule has 8 nitrogen and oxygen atoms in total. The minimum Gasteiger partial charge on any atom is -0.467 e. The Balaban J connectivity index is 1.39. The number of alkyl halides is 3. The smallest absolute Gasteiger partial charge is 0.410 e. The average molecular weight is 499 g/mol. The van der Waals surface area contributed by atoms with E-state index < -0.39 is 24.2 Å². The number of benzene rings is 1. The minimum absolute atomic E-state index is 0.0960. The van der Waals surface area contributed by atoms with Crippen LogP contribution in [0.4, 0.5) is 24.7 Å². The molecule has 1 aliphatic rings. The maximum Gasteiger partial charge on any atom is 0.410 e. The molecule has 0 saturated heterocycles. The standard InChI is InChI=1S/C25H25F3N6O2/c1-14-6-8-17(9-7-14)13-33-16(3)23(15(2)31-33)30-24(35)19-12-22-29-18(20-5-4-10-36-20)11-21(25(26,27)28)34(22)32-19/h4-10,12,18,21,29H,11,13H2,1-3H3,(H,30,35)/t18-,21+/m1/s1. The molecule has 1 amide bonds. The van der Waals surface area contributed by atoms with Gasteiger partial charge in [0.05, 0.1) is 35.9 Å². The van der Waals surface area contributed by atoms with Gasteiger partial charge in [0, 0.05) is 12.5 Å². The zero-order valence-electron chi connectivity index (χ0n) is 19.9. The van der Waals surface area contributed by atoms with Crippen LogP contribution < -0.4 is 10.6 Å². The highest BCUT2D eigenvalue weighted by Crippen LogP contribution is 2.43. The number of hydrogen-bond acceptors (Lipinski definition) is 5. The Labute approximate surface area is 205 Å². The fraction of sp³-hybridized carbons (Fsp3) is 0.320. The van der Waals surface area contributed by atoms with Crippen LogP contribution >= 0.6 is 0 Å². The molecule has 2 N–H and O–H groups in total. The van der Waals surface area contributed by atoms with E-state index in [0.29, 0.717) is 23.7 Å². The maximum absolute atomic E-state index is 13.9. The van der Waals surface area contributed by atoms with Gasteiger partial charge in [-0.1, -0.05) is 29.8 Å². The summed E-state index contributed by atoms with van der Waals surface area (Å²) >= 11 is 0. The minimum atomic E-state index is -4.55. The third-order valence-electron chi connectivity index (χ3n) is 6.38. The summed E-state index contributed by atoms with van der Waals surface area (Å²) in [6, 6.07) is 10.0. The van der Waals surface area contributed by atoms with E-state index >= 15 is 0 Å². The number of aromatic nitrogens is 4. The van der Waals surface area contributed by atoms with Crippen molar-refractivity contribution in [2.45, 2.75) is 52.0 Å². The molecule has 0 spiro atoms. The van der Waals surface area contributed by atoms with E-state index in [-0.39, 0.29) is 17.9 Å². The summed E-state index contributed by atoms with van der Waals surface area (Å²) in [5.74, 6) is -0.135. The number of hydrogen-bond donors (Lipinski definition) is 2. The Morgan fingerprint density at radius 2 is 1.92 bits per heavy atom. The van der Waals surface area contributed by atoms with Crippen molar-refractivity contribution in [1.82, 2.24) is 19.6 Å². The molecule has 0 saturated carbocycles. The molecule has 4 aromatic rings. The number of amides is 1. The Morgan fingerprint density at radius 1 is 1.17 bits per heavy atom. The van der Waals surface area contributed by atoms with Crippen molar-refractivity contribution in [3.05, 3.63) is 82.7 Å². The van der Waals surface area contributed by atoms with Crippen molar-refractivity contribution in [1.29, 1.82) is 0 Å². The van der Waals surface area contributed by atoms with E-state index in [9.17, 15) is 18.0 Å². The first-order valence-corrected chi connectivity index (χ1v) is 11.5. The average Bonchev–Trinajstić information content (AvgIpc) is 3.56. The Morgan fingerprint density at radius 3 is 2.58 bits per heavy atom. The van der Waals surface area contributed by atoms with Crippen LogP contribution in [0.5, 0.6) is 0 Å². The second kappa shape index (κ2) is 8.89. The maximum atomic E-state index is 13.9. The lowest BCUT2D eigenvalue weighted by Gasteiger charge is -2.32. The zero-order chi connectivity index (χ0) is 25.6. The van der Waals surface area contributed by atoms with Gasteiger partial charge < -0.3 is 15.1 Å². The number of rotatable bonds is 5. The van der Waals surface area contributed by atoms with Gasteiger partial charge in [0.2, 0.25) is 0 Å². The van der Waals surface area contributed by atoms with Gasteiger partial charge in [-0.25, -0.2) is 4.68 Å². The van der Waals surface area contributed by atoms with Crippen LogP contribution in [0.3, 0.4) is 0 Å². The Kier molecular flexibility index (Phi) is 5.85. The molecule has 4 heterocycles. The summed E-state index contributed by atoms with van der Waals surface area (Å²) in [5.41, 5.74) is 3.92. The van der Waals surface area contributed by atoms with E-state index in [0.717, 1.165) is 21.5 Å². The lowest BCUT2D eigenvalue weighted by atomic mass is 10.0. The number of fused-ring (bicyclic) bond motifs is 1. The number of nitrogens with zero attached hydrogens (tertiary/aromatic N) is 4. The first kappa shape index (κ1) is 23.7. The van der Waals surface area contributed by atoms with Crippen molar-refractivity contribution in [3.8, 4) is 0 Å². The fourth-order valence-electron chi connectivity index (χ4n) is 4.44. The van der Waals surface area contributed by atoms with Gasteiger partial charge in [-0.2, -0.15) is 23.4 Å². The zero-order valence-corrected chi connectivity index (χ0v) is 19.9. The second-order valence-electron chi connectivity index (χ2n) is 9.01. The quantitative estimate of drug-likeness (QED) is 0.376. The van der Waals surface area contributed by atoms with Crippen molar-refractivity contribution in [2.75, 3.05) is 10.6 Å². The summed E-state index contributed by atoms with van der Waals surface area (Å²) in [4.78, 5) is 13.1. The van der Waals surface area contributed by atoms with Crippen LogP contribution in [0.1, 0.15) is 57.3 Å². The molecule has 3 aromatic heterocycles. The molecule has 36 heavy (non-hydrogen) atoms. The summed E-state index contributed by atoms with van der Waals surface area (Å²) in [6.45, 7) is 6.13. The van der Waals surface area contributed by atoms with Crippen molar-refractivity contribution in [3.63, 3.8) is 0 Å². The summed E-state index contributed by atoms with van der Waals surface area (Å²) < 4.78 is 49.5. The molecule has 0 fully saturated rings. The molecule has 2 atom stereocenters. The molecule has 0 radical (unpaired) electrons. The predicted molar refractivity (Wildman–Crippen MR) is 127 cm³/mol. The van der Waals surface area contributed by atoms with Gasteiger partial charge >= 0.3 is 6.18 Å². The number of carbonyl (C=O) groups excluding carboxylic acids is 1. The van der Waals surface area contributed by atoms with Crippen molar-refractivity contribution in [2.24, 2.45) is 0 Å². The SMILES string of the molecule is Cc1ccc(Cn2nc(C)c(NC(=O)c3cc4n(n3)[C@H](C(F)(F)F)C[C@H](c3ccco3)N4)c2C)cc1. The molecular formula is C25H25F3N6O2. The van der Waals surface area contributed by atoms with Gasteiger partial charge in [-0.3, -0.25) is 9.48 Å². The third-order valence-corrected chi connectivity index (χ3v) is 6.38. The van der Waals surface area contributed by atoms with E-state index in [4.69, 9.17) is 4.42 Å². The molecule has 1 aromatic carbocycles. The number of furan rings is 1. The second-order valence-corrected chi connectivity index (χ2v) is 9.01. The summed E-state index contributed by atoms with van der Waals surface area (Å²) in [6.07, 6.45) is -3.45. The number of aryl methyl sites for hydroxylation is 2. The molecule has 0 unspecified atom stereocenters.